The van der Waals surface area contributed by atoms with Crippen LogP contribution in [-0.2, 0) is 20.2 Å². The van der Waals surface area contributed by atoms with Gasteiger partial charge >= 0.3 is 0 Å². The van der Waals surface area contributed by atoms with Crippen molar-refractivity contribution in [1.82, 2.24) is 0 Å². The number of carbonyl (C=O) groups is 2. The third-order valence-corrected chi connectivity index (χ3v) is 8.92. The number of amides is 1. The van der Waals surface area contributed by atoms with Crippen molar-refractivity contribution >= 4 is 33.1 Å². The number of methoxy groups -OCH3 is 2. The van der Waals surface area contributed by atoms with Gasteiger partial charge in [0, 0.05) is 22.9 Å². The second-order valence-corrected chi connectivity index (χ2v) is 13.5. The van der Waals surface area contributed by atoms with Gasteiger partial charge in [0.25, 0.3) is 10.0 Å². The molecular weight excluding hydrogens is 576 g/mol. The number of hydrogen-bond acceptors (Lipinski definition) is 6. The van der Waals surface area contributed by atoms with Crippen LogP contribution in [0.3, 0.4) is 0 Å². The van der Waals surface area contributed by atoms with Crippen LogP contribution in [0.15, 0.2) is 89.8 Å². The molecule has 4 rings (SSSR count). The van der Waals surface area contributed by atoms with E-state index < -0.39 is 22.5 Å². The summed E-state index contributed by atoms with van der Waals surface area (Å²) < 4.78 is 39.7. The summed E-state index contributed by atoms with van der Waals surface area (Å²) in [6.07, 6.45) is 0. The first-order valence-corrected chi connectivity index (χ1v) is 15.5. The largest absolute Gasteiger partial charge is 0.493 e. The van der Waals surface area contributed by atoms with E-state index in [0.717, 1.165) is 21.0 Å². The lowest BCUT2D eigenvalue weighted by atomic mass is 9.86. The van der Waals surface area contributed by atoms with E-state index in [-0.39, 0.29) is 21.8 Å². The summed E-state index contributed by atoms with van der Waals surface area (Å²) in [7, 11) is -1.34. The van der Waals surface area contributed by atoms with Crippen molar-refractivity contribution in [3.8, 4) is 11.5 Å². The van der Waals surface area contributed by atoms with E-state index in [9.17, 15) is 18.0 Å². The highest BCUT2D eigenvalue weighted by Gasteiger charge is 2.29. The third kappa shape index (κ3) is 7.29. The number of ether oxygens (including phenoxy) is 2. The summed E-state index contributed by atoms with van der Waals surface area (Å²) in [5.41, 5.74) is 4.41. The minimum Gasteiger partial charge on any atom is -0.493 e. The smallest absolute Gasteiger partial charge is 0.264 e. The van der Waals surface area contributed by atoms with Gasteiger partial charge in [0.1, 0.15) is 6.54 Å². The van der Waals surface area contributed by atoms with Gasteiger partial charge in [0.2, 0.25) is 5.91 Å². The molecular formula is C35H38N2O6S. The van der Waals surface area contributed by atoms with Gasteiger partial charge in [-0.05, 0) is 72.4 Å². The van der Waals surface area contributed by atoms with Gasteiger partial charge in [-0.25, -0.2) is 8.42 Å². The summed E-state index contributed by atoms with van der Waals surface area (Å²) in [4.78, 5) is 26.6. The molecule has 0 aliphatic heterocycles. The van der Waals surface area contributed by atoms with Gasteiger partial charge in [0.05, 0.1) is 24.8 Å². The molecule has 0 bridgehead atoms. The molecule has 0 aliphatic carbocycles. The maximum absolute atomic E-state index is 14.0. The van der Waals surface area contributed by atoms with Crippen LogP contribution in [0.25, 0.3) is 0 Å². The van der Waals surface area contributed by atoms with E-state index in [1.165, 1.54) is 32.4 Å². The minimum absolute atomic E-state index is 0.0380. The normalized spacial score (nSPS) is 11.5. The van der Waals surface area contributed by atoms with Crippen LogP contribution in [0.2, 0.25) is 0 Å². The van der Waals surface area contributed by atoms with Crippen molar-refractivity contribution in [1.29, 1.82) is 0 Å². The van der Waals surface area contributed by atoms with Crippen LogP contribution in [-0.4, -0.2) is 40.9 Å². The average molecular weight is 615 g/mol. The molecule has 9 heteroatoms. The van der Waals surface area contributed by atoms with E-state index in [2.05, 4.69) is 26.1 Å². The van der Waals surface area contributed by atoms with E-state index in [0.29, 0.717) is 28.3 Å². The summed E-state index contributed by atoms with van der Waals surface area (Å²) in [5, 5.41) is 2.77. The molecule has 0 saturated carbocycles. The zero-order valence-electron chi connectivity index (χ0n) is 26.1. The predicted molar refractivity (Wildman–Crippen MR) is 174 cm³/mol. The van der Waals surface area contributed by atoms with Crippen LogP contribution in [0.4, 0.5) is 11.4 Å². The number of rotatable bonds is 10. The monoisotopic (exact) mass is 614 g/mol. The molecule has 0 unspecified atom stereocenters. The Morgan fingerprint density at radius 3 is 2.00 bits per heavy atom. The molecule has 0 fully saturated rings. The molecule has 0 radical (unpaired) electrons. The molecule has 8 nitrogen and oxygen atoms in total. The van der Waals surface area contributed by atoms with Crippen molar-refractivity contribution in [2.45, 2.75) is 44.9 Å². The Bertz CT molecular complexity index is 1770. The van der Waals surface area contributed by atoms with Crippen molar-refractivity contribution in [2.75, 3.05) is 30.4 Å². The lowest BCUT2D eigenvalue weighted by Gasteiger charge is -2.25. The number of hydrogen-bond donors (Lipinski definition) is 1. The number of carbonyl (C=O) groups excluding carboxylic acids is 2. The topological polar surface area (TPSA) is 102 Å². The van der Waals surface area contributed by atoms with Gasteiger partial charge in [-0.1, -0.05) is 63.2 Å². The first-order chi connectivity index (χ1) is 20.7. The molecule has 1 amide bonds. The number of nitrogens with one attached hydrogen (secondary N) is 1. The van der Waals surface area contributed by atoms with Crippen molar-refractivity contribution < 1.29 is 27.5 Å². The maximum atomic E-state index is 14.0. The van der Waals surface area contributed by atoms with Crippen LogP contribution in [0.1, 0.15) is 53.4 Å². The molecule has 4 aromatic carbocycles. The maximum Gasteiger partial charge on any atom is 0.264 e. The highest BCUT2D eigenvalue weighted by Crippen LogP contribution is 2.33. The van der Waals surface area contributed by atoms with Crippen LogP contribution < -0.4 is 19.1 Å². The highest BCUT2D eigenvalue weighted by atomic mass is 32.2. The van der Waals surface area contributed by atoms with Gasteiger partial charge in [-0.3, -0.25) is 13.9 Å². The predicted octanol–water partition coefficient (Wildman–Crippen LogP) is 6.68. The van der Waals surface area contributed by atoms with Gasteiger partial charge in [-0.15, -0.1) is 0 Å². The van der Waals surface area contributed by atoms with Crippen molar-refractivity contribution in [3.05, 3.63) is 113 Å². The Balaban J connectivity index is 1.62. The lowest BCUT2D eigenvalue weighted by Crippen LogP contribution is -2.38. The molecule has 44 heavy (non-hydrogen) atoms. The lowest BCUT2D eigenvalue weighted by molar-refractivity contribution is -0.114. The van der Waals surface area contributed by atoms with E-state index >= 15 is 0 Å². The molecule has 0 saturated heterocycles. The van der Waals surface area contributed by atoms with E-state index in [1.807, 2.05) is 32.0 Å². The van der Waals surface area contributed by atoms with Gasteiger partial charge < -0.3 is 14.8 Å². The minimum atomic E-state index is -4.22. The molecule has 0 spiro atoms. The third-order valence-electron chi connectivity index (χ3n) is 7.15. The molecule has 0 aromatic heterocycles. The Morgan fingerprint density at radius 2 is 1.41 bits per heavy atom. The number of benzene rings is 4. The zero-order valence-corrected chi connectivity index (χ0v) is 26.9. The fourth-order valence-corrected chi connectivity index (χ4v) is 6.29. The Labute approximate surface area is 259 Å². The number of nitrogens with zero attached hydrogens (tertiary/aromatic N) is 1. The van der Waals surface area contributed by atoms with E-state index in [4.69, 9.17) is 9.47 Å². The van der Waals surface area contributed by atoms with Gasteiger partial charge in [-0.2, -0.15) is 0 Å². The Kier molecular flexibility index (Phi) is 9.49. The quantitative estimate of drug-likeness (QED) is 0.200. The first-order valence-electron chi connectivity index (χ1n) is 14.1. The van der Waals surface area contributed by atoms with Crippen LogP contribution in [0.5, 0.6) is 11.5 Å². The summed E-state index contributed by atoms with van der Waals surface area (Å²) in [5.74, 6) is -0.142. The zero-order chi connectivity index (χ0) is 32.2. The number of ketones is 1. The van der Waals surface area contributed by atoms with E-state index in [1.54, 1.807) is 48.5 Å². The van der Waals surface area contributed by atoms with Crippen LogP contribution in [0, 0.1) is 13.8 Å². The fraction of sp³-hybridized carbons (Fsp3) is 0.257. The summed E-state index contributed by atoms with van der Waals surface area (Å²) in [6.45, 7) is 9.53. The summed E-state index contributed by atoms with van der Waals surface area (Å²) in [6, 6.07) is 23.7. The van der Waals surface area contributed by atoms with Gasteiger partial charge in [0.15, 0.2) is 17.3 Å². The number of sulfonamides is 1. The Morgan fingerprint density at radius 1 is 0.773 bits per heavy atom. The Hall–Kier alpha value is -4.63. The molecule has 0 heterocycles. The first kappa shape index (κ1) is 32.3. The summed E-state index contributed by atoms with van der Waals surface area (Å²) >= 11 is 0. The van der Waals surface area contributed by atoms with Crippen LogP contribution >= 0.6 is 0 Å². The van der Waals surface area contributed by atoms with Crippen molar-refractivity contribution in [2.24, 2.45) is 0 Å². The standard InChI is InChI=1S/C35H38N2O6S/c1-23-17-24(2)19-29(18-23)37(44(40,41)30-15-16-31(42-6)32(21-30)43-7)22-33(38)36-28-10-8-9-26(20-28)34(39)25-11-13-27(14-12-25)35(3,4)5/h8-21H,22H2,1-7H3,(H,36,38). The molecule has 1 N–H and O–H groups in total. The SMILES string of the molecule is COc1ccc(S(=O)(=O)N(CC(=O)Nc2cccc(C(=O)c3ccc(C(C)(C)C)cc3)c2)c2cc(C)cc(C)c2)cc1OC. The molecule has 230 valence electrons. The number of anilines is 2. The average Bonchev–Trinajstić information content (AvgIpc) is 2.98. The number of aryl methyl sites for hydroxylation is 2. The fourth-order valence-electron chi connectivity index (χ4n) is 4.87. The molecule has 0 aliphatic rings. The van der Waals surface area contributed by atoms with Crippen molar-refractivity contribution in [3.63, 3.8) is 0 Å². The second-order valence-electron chi connectivity index (χ2n) is 11.7. The highest BCUT2D eigenvalue weighted by molar-refractivity contribution is 7.92. The second kappa shape index (κ2) is 12.9. The molecule has 0 atom stereocenters. The molecule has 4 aromatic rings.